The monoisotopic (exact) mass is 233 g/mol. The van der Waals surface area contributed by atoms with Crippen molar-refractivity contribution in [2.24, 2.45) is 11.7 Å². The fourth-order valence-corrected chi connectivity index (χ4v) is 1.55. The van der Waals surface area contributed by atoms with Crippen LogP contribution in [0, 0.1) is 17.6 Å². The van der Waals surface area contributed by atoms with Gasteiger partial charge >= 0.3 is 0 Å². The Bertz CT molecular complexity index is 355. The van der Waals surface area contributed by atoms with Crippen molar-refractivity contribution in [2.75, 3.05) is 0 Å². The Labute approximate surface area is 93.2 Å². The van der Waals surface area contributed by atoms with Gasteiger partial charge in [0.1, 0.15) is 11.6 Å². The van der Waals surface area contributed by atoms with Gasteiger partial charge in [-0.15, -0.1) is 0 Å². The number of benzene rings is 1. The van der Waals surface area contributed by atoms with Crippen LogP contribution in [0.3, 0.4) is 0 Å². The zero-order valence-corrected chi connectivity index (χ0v) is 9.48. The van der Waals surface area contributed by atoms with Crippen LogP contribution in [0.1, 0.15) is 31.9 Å². The highest BCUT2D eigenvalue weighted by Crippen LogP contribution is 2.30. The first kappa shape index (κ1) is 12.4. The number of halogens is 3. The molecule has 0 radical (unpaired) electrons. The standard InChI is InChI=1S/C11H14ClF2N/c1-3-6(2)11(15)9-8(13)5-4-7(12)10(9)14/h4-6,11H,3,15H2,1-2H3/t6?,11-/m1/s1. The lowest BCUT2D eigenvalue weighted by molar-refractivity contribution is 0.419. The molecule has 0 amide bonds. The highest BCUT2D eigenvalue weighted by Gasteiger charge is 2.22. The van der Waals surface area contributed by atoms with Crippen LogP contribution in [0.4, 0.5) is 8.78 Å². The minimum atomic E-state index is -0.746. The topological polar surface area (TPSA) is 26.0 Å². The van der Waals surface area contributed by atoms with Gasteiger partial charge in [-0.25, -0.2) is 8.78 Å². The minimum Gasteiger partial charge on any atom is -0.324 e. The minimum absolute atomic E-state index is 0.00691. The fourth-order valence-electron chi connectivity index (χ4n) is 1.39. The molecule has 0 heterocycles. The molecule has 15 heavy (non-hydrogen) atoms. The zero-order chi connectivity index (χ0) is 11.6. The summed E-state index contributed by atoms with van der Waals surface area (Å²) in [7, 11) is 0. The highest BCUT2D eigenvalue weighted by molar-refractivity contribution is 6.30. The van der Waals surface area contributed by atoms with E-state index in [2.05, 4.69) is 0 Å². The molecule has 1 aromatic carbocycles. The van der Waals surface area contributed by atoms with E-state index in [4.69, 9.17) is 17.3 Å². The maximum absolute atomic E-state index is 13.6. The lowest BCUT2D eigenvalue weighted by Gasteiger charge is -2.20. The summed E-state index contributed by atoms with van der Waals surface area (Å²) in [5.41, 5.74) is 5.67. The Kier molecular flexibility index (Phi) is 4.05. The normalized spacial score (nSPS) is 15.1. The molecule has 1 nitrogen and oxygen atoms in total. The van der Waals surface area contributed by atoms with Crippen molar-refractivity contribution < 1.29 is 8.78 Å². The number of rotatable bonds is 3. The molecule has 0 aliphatic carbocycles. The van der Waals surface area contributed by atoms with Crippen molar-refractivity contribution in [3.63, 3.8) is 0 Å². The SMILES string of the molecule is CCC(C)[C@@H](N)c1c(F)ccc(Cl)c1F. The average molecular weight is 234 g/mol. The molecule has 0 aromatic heterocycles. The van der Waals surface area contributed by atoms with Gasteiger partial charge in [0.2, 0.25) is 0 Å². The van der Waals surface area contributed by atoms with E-state index in [1.807, 2.05) is 13.8 Å². The third kappa shape index (κ3) is 2.47. The van der Waals surface area contributed by atoms with Crippen LogP contribution in [0.5, 0.6) is 0 Å². The summed E-state index contributed by atoms with van der Waals surface area (Å²) in [5, 5.41) is -0.0925. The van der Waals surface area contributed by atoms with Crippen molar-refractivity contribution in [3.8, 4) is 0 Å². The van der Waals surface area contributed by atoms with Crippen LogP contribution in [-0.4, -0.2) is 0 Å². The molecule has 2 atom stereocenters. The Balaban J connectivity index is 3.18. The van der Waals surface area contributed by atoms with Crippen LogP contribution in [0.25, 0.3) is 0 Å². The molecule has 1 aromatic rings. The van der Waals surface area contributed by atoms with Crippen molar-refractivity contribution >= 4 is 11.6 Å². The molecule has 0 bridgehead atoms. The van der Waals surface area contributed by atoms with Gasteiger partial charge in [0, 0.05) is 11.6 Å². The lowest BCUT2D eigenvalue weighted by atomic mass is 9.92. The molecule has 0 saturated heterocycles. The van der Waals surface area contributed by atoms with Gasteiger partial charge in [0.15, 0.2) is 0 Å². The van der Waals surface area contributed by atoms with E-state index in [1.165, 1.54) is 6.07 Å². The van der Waals surface area contributed by atoms with Gasteiger partial charge in [-0.1, -0.05) is 31.9 Å². The van der Waals surface area contributed by atoms with Gasteiger partial charge in [0.25, 0.3) is 0 Å². The highest BCUT2D eigenvalue weighted by atomic mass is 35.5. The van der Waals surface area contributed by atoms with Crippen molar-refractivity contribution in [1.82, 2.24) is 0 Å². The summed E-state index contributed by atoms with van der Waals surface area (Å²) in [6.07, 6.45) is 0.757. The molecule has 1 rings (SSSR count). The van der Waals surface area contributed by atoms with E-state index in [-0.39, 0.29) is 16.5 Å². The van der Waals surface area contributed by atoms with Gasteiger partial charge in [-0.2, -0.15) is 0 Å². The quantitative estimate of drug-likeness (QED) is 0.793. The number of hydrogen-bond donors (Lipinski definition) is 1. The first-order chi connectivity index (χ1) is 6.99. The van der Waals surface area contributed by atoms with Crippen LogP contribution in [0.2, 0.25) is 5.02 Å². The maximum atomic E-state index is 13.6. The Hall–Kier alpha value is -0.670. The lowest BCUT2D eigenvalue weighted by Crippen LogP contribution is -2.21. The predicted molar refractivity (Wildman–Crippen MR) is 57.8 cm³/mol. The summed E-state index contributed by atoms with van der Waals surface area (Å²) >= 11 is 5.58. The molecule has 0 fully saturated rings. The smallest absolute Gasteiger partial charge is 0.149 e. The van der Waals surface area contributed by atoms with Gasteiger partial charge in [-0.05, 0) is 18.1 Å². The van der Waals surface area contributed by atoms with Crippen molar-refractivity contribution in [1.29, 1.82) is 0 Å². The summed E-state index contributed by atoms with van der Waals surface area (Å²) in [6, 6.07) is 1.68. The molecular formula is C11H14ClF2N. The van der Waals surface area contributed by atoms with E-state index in [9.17, 15) is 8.78 Å². The van der Waals surface area contributed by atoms with Crippen LogP contribution in [-0.2, 0) is 0 Å². The second-order valence-electron chi connectivity index (χ2n) is 3.67. The molecule has 4 heteroatoms. The average Bonchev–Trinajstić information content (AvgIpc) is 2.22. The van der Waals surface area contributed by atoms with Gasteiger partial charge in [-0.3, -0.25) is 0 Å². The van der Waals surface area contributed by atoms with Crippen LogP contribution >= 0.6 is 11.6 Å². The van der Waals surface area contributed by atoms with Crippen molar-refractivity contribution in [3.05, 3.63) is 34.4 Å². The van der Waals surface area contributed by atoms with E-state index in [0.717, 1.165) is 12.5 Å². The number of nitrogens with two attached hydrogens (primary N) is 1. The van der Waals surface area contributed by atoms with E-state index in [1.54, 1.807) is 0 Å². The maximum Gasteiger partial charge on any atom is 0.149 e. The van der Waals surface area contributed by atoms with E-state index >= 15 is 0 Å². The largest absolute Gasteiger partial charge is 0.324 e. The summed E-state index contributed by atoms with van der Waals surface area (Å²) in [4.78, 5) is 0. The molecule has 84 valence electrons. The summed E-state index contributed by atoms with van der Waals surface area (Å²) in [5.74, 6) is -1.37. The molecule has 0 aliphatic heterocycles. The Morgan fingerprint density at radius 1 is 1.40 bits per heavy atom. The Morgan fingerprint density at radius 3 is 2.53 bits per heavy atom. The van der Waals surface area contributed by atoms with Crippen LogP contribution < -0.4 is 5.73 Å². The van der Waals surface area contributed by atoms with Gasteiger partial charge < -0.3 is 5.73 Å². The molecule has 0 spiro atoms. The third-order valence-electron chi connectivity index (χ3n) is 2.67. The fraction of sp³-hybridized carbons (Fsp3) is 0.455. The van der Waals surface area contributed by atoms with Gasteiger partial charge in [0.05, 0.1) is 5.02 Å². The zero-order valence-electron chi connectivity index (χ0n) is 8.73. The van der Waals surface area contributed by atoms with Crippen LogP contribution in [0.15, 0.2) is 12.1 Å². The summed E-state index contributed by atoms with van der Waals surface area (Å²) in [6.45, 7) is 3.77. The van der Waals surface area contributed by atoms with E-state index in [0.29, 0.717) is 0 Å². The predicted octanol–water partition coefficient (Wildman–Crippen LogP) is 3.66. The number of hydrogen-bond acceptors (Lipinski definition) is 1. The first-order valence-corrected chi connectivity index (χ1v) is 5.25. The van der Waals surface area contributed by atoms with Crippen molar-refractivity contribution in [2.45, 2.75) is 26.3 Å². The first-order valence-electron chi connectivity index (χ1n) is 4.88. The third-order valence-corrected chi connectivity index (χ3v) is 2.96. The summed E-state index contributed by atoms with van der Waals surface area (Å²) < 4.78 is 27.0. The molecule has 0 saturated carbocycles. The molecular weight excluding hydrogens is 220 g/mol. The second-order valence-corrected chi connectivity index (χ2v) is 4.08. The second kappa shape index (κ2) is 4.90. The molecule has 2 N–H and O–H groups in total. The molecule has 1 unspecified atom stereocenters. The van der Waals surface area contributed by atoms with E-state index < -0.39 is 17.7 Å². The Morgan fingerprint density at radius 2 is 2.00 bits per heavy atom. The molecule has 0 aliphatic rings.